The molecular formula is C30H31FN6O2. The fourth-order valence-electron chi connectivity index (χ4n) is 5.52. The summed E-state index contributed by atoms with van der Waals surface area (Å²) < 4.78 is 22.4. The monoisotopic (exact) mass is 526 g/mol. The molecule has 2 saturated heterocycles. The number of nitrogens with zero attached hydrogens (tertiary/aromatic N) is 5. The highest BCUT2D eigenvalue weighted by Crippen LogP contribution is 2.37. The molecule has 2 atom stereocenters. The van der Waals surface area contributed by atoms with Crippen molar-refractivity contribution in [3.63, 3.8) is 0 Å². The first-order valence-electron chi connectivity index (χ1n) is 13.4. The summed E-state index contributed by atoms with van der Waals surface area (Å²) in [4.78, 5) is 20.4. The van der Waals surface area contributed by atoms with Crippen molar-refractivity contribution < 1.29 is 14.2 Å². The maximum absolute atomic E-state index is 16.4. The first-order valence-corrected chi connectivity index (χ1v) is 13.4. The largest absolute Gasteiger partial charge is 0.508 e. The van der Waals surface area contributed by atoms with Gasteiger partial charge in [0.25, 0.3) is 0 Å². The molecule has 2 aliphatic heterocycles. The van der Waals surface area contributed by atoms with Crippen molar-refractivity contribution in [2.45, 2.75) is 45.2 Å². The van der Waals surface area contributed by atoms with Gasteiger partial charge in [0.2, 0.25) is 0 Å². The Morgan fingerprint density at radius 1 is 1.18 bits per heavy atom. The first kappa shape index (κ1) is 25.2. The molecule has 200 valence electrons. The number of anilines is 1. The molecule has 0 radical (unpaired) electrons. The van der Waals surface area contributed by atoms with Gasteiger partial charge in [-0.2, -0.15) is 9.97 Å². The standard InChI is InChI=1S/C30H31FN6O2/c1-3-11-32-19(4-2)17-39-30-35-28-25(29(36-30)37-15-20-9-10-21(16-37)34-20)14-33-27(26(28)31)24-13-22(38)12-18-7-5-6-8-23(18)24/h4-8,11-14,20-21,34,38H,3,9-10,15-17H2,1-2H3/b19-4-,32-11?. The summed E-state index contributed by atoms with van der Waals surface area (Å²) in [5, 5.41) is 16.1. The number of piperazine rings is 1. The van der Waals surface area contributed by atoms with Crippen LogP contribution in [0, 0.1) is 5.82 Å². The van der Waals surface area contributed by atoms with E-state index in [1.165, 1.54) is 6.07 Å². The van der Waals surface area contributed by atoms with Gasteiger partial charge < -0.3 is 20.1 Å². The molecule has 0 spiro atoms. The molecule has 6 rings (SSSR count). The summed E-state index contributed by atoms with van der Waals surface area (Å²) in [6.45, 7) is 5.61. The van der Waals surface area contributed by atoms with Crippen molar-refractivity contribution in [2.75, 3.05) is 24.6 Å². The van der Waals surface area contributed by atoms with Crippen molar-refractivity contribution in [2.24, 2.45) is 4.99 Å². The SMILES string of the molecule is C/C=C(/COc1nc(N2CC3CCC(C2)N3)c2cnc(-c3cc(O)cc4ccccc34)c(F)c2n1)N=CCC. The molecule has 2 aromatic carbocycles. The van der Waals surface area contributed by atoms with Crippen molar-refractivity contribution in [3.05, 3.63) is 60.2 Å². The smallest absolute Gasteiger partial charge is 0.319 e. The van der Waals surface area contributed by atoms with Crippen LogP contribution >= 0.6 is 0 Å². The molecule has 0 aliphatic carbocycles. The molecule has 2 unspecified atom stereocenters. The van der Waals surface area contributed by atoms with E-state index in [9.17, 15) is 5.11 Å². The van der Waals surface area contributed by atoms with Crippen LogP contribution in [0.5, 0.6) is 11.8 Å². The lowest BCUT2D eigenvalue weighted by molar-refractivity contribution is 0.323. The Morgan fingerprint density at radius 3 is 2.74 bits per heavy atom. The van der Waals surface area contributed by atoms with Gasteiger partial charge in [0.1, 0.15) is 29.4 Å². The van der Waals surface area contributed by atoms with Gasteiger partial charge in [-0.05, 0) is 49.1 Å². The molecule has 0 saturated carbocycles. The molecule has 2 aliphatic rings. The average molecular weight is 527 g/mol. The zero-order valence-corrected chi connectivity index (χ0v) is 22.1. The van der Waals surface area contributed by atoms with Crippen LogP contribution in [0.3, 0.4) is 0 Å². The summed E-state index contributed by atoms with van der Waals surface area (Å²) in [5.74, 6) is 0.0801. The average Bonchev–Trinajstić information content (AvgIpc) is 3.29. The number of aliphatic imine (C=N–C) groups is 1. The summed E-state index contributed by atoms with van der Waals surface area (Å²) in [5.41, 5.74) is 1.49. The number of nitrogens with one attached hydrogen (secondary N) is 1. The van der Waals surface area contributed by atoms with Crippen molar-refractivity contribution in [1.82, 2.24) is 20.3 Å². The number of phenols is 1. The van der Waals surface area contributed by atoms with E-state index in [1.54, 1.807) is 12.3 Å². The summed E-state index contributed by atoms with van der Waals surface area (Å²) in [6, 6.07) is 11.5. The number of aromatic nitrogens is 3. The van der Waals surface area contributed by atoms with Gasteiger partial charge in [0.15, 0.2) is 5.82 Å². The van der Waals surface area contributed by atoms with Crippen LogP contribution in [0.25, 0.3) is 32.9 Å². The van der Waals surface area contributed by atoms with E-state index in [2.05, 4.69) is 25.2 Å². The quantitative estimate of drug-likeness (QED) is 0.312. The van der Waals surface area contributed by atoms with Gasteiger partial charge in [-0.3, -0.25) is 9.98 Å². The van der Waals surface area contributed by atoms with E-state index in [-0.39, 0.29) is 29.6 Å². The van der Waals surface area contributed by atoms with Crippen LogP contribution in [-0.4, -0.2) is 58.1 Å². The predicted octanol–water partition coefficient (Wildman–Crippen LogP) is 5.39. The molecule has 0 amide bonds. The van der Waals surface area contributed by atoms with Gasteiger partial charge >= 0.3 is 6.01 Å². The number of phenolic OH excluding ortho intramolecular Hbond substituents is 1. The van der Waals surface area contributed by atoms with Crippen molar-refractivity contribution >= 4 is 33.7 Å². The van der Waals surface area contributed by atoms with E-state index in [0.717, 1.165) is 48.8 Å². The Bertz CT molecular complexity index is 1590. The number of aromatic hydroxyl groups is 1. The second kappa shape index (κ2) is 10.6. The minimum absolute atomic E-state index is 0.0419. The molecule has 8 nitrogen and oxygen atoms in total. The van der Waals surface area contributed by atoms with Gasteiger partial charge in [0, 0.05) is 43.1 Å². The van der Waals surface area contributed by atoms with Crippen molar-refractivity contribution in [1.29, 1.82) is 0 Å². The van der Waals surface area contributed by atoms with Crippen LogP contribution in [0.15, 0.2) is 59.4 Å². The number of ether oxygens (including phenoxy) is 1. The summed E-state index contributed by atoms with van der Waals surface area (Å²) in [7, 11) is 0. The third-order valence-electron chi connectivity index (χ3n) is 7.38. The molecular weight excluding hydrogens is 495 g/mol. The third kappa shape index (κ3) is 4.90. The fraction of sp³-hybridized carbons (Fsp3) is 0.333. The molecule has 2 bridgehead atoms. The Morgan fingerprint density at radius 2 is 1.97 bits per heavy atom. The van der Waals surface area contributed by atoms with Gasteiger partial charge in [-0.25, -0.2) is 4.39 Å². The van der Waals surface area contributed by atoms with E-state index in [0.29, 0.717) is 28.9 Å². The Kier molecular flexibility index (Phi) is 6.83. The number of halogens is 1. The highest BCUT2D eigenvalue weighted by Gasteiger charge is 2.34. The molecule has 2 aromatic heterocycles. The number of rotatable bonds is 7. The van der Waals surface area contributed by atoms with Crippen LogP contribution in [-0.2, 0) is 0 Å². The number of allylic oxidation sites excluding steroid dienone is 1. The molecule has 4 heterocycles. The molecule has 2 N–H and O–H groups in total. The lowest BCUT2D eigenvalue weighted by Gasteiger charge is -2.34. The zero-order valence-electron chi connectivity index (χ0n) is 22.1. The Labute approximate surface area is 226 Å². The number of benzene rings is 2. The fourth-order valence-corrected chi connectivity index (χ4v) is 5.52. The Hall–Kier alpha value is -4.11. The van der Waals surface area contributed by atoms with E-state index in [4.69, 9.17) is 9.72 Å². The Balaban J connectivity index is 1.48. The summed E-state index contributed by atoms with van der Waals surface area (Å²) in [6.07, 6.45) is 8.35. The summed E-state index contributed by atoms with van der Waals surface area (Å²) >= 11 is 0. The molecule has 2 fully saturated rings. The van der Waals surface area contributed by atoms with Crippen LogP contribution in [0.4, 0.5) is 10.2 Å². The van der Waals surface area contributed by atoms with E-state index in [1.807, 2.05) is 50.4 Å². The minimum atomic E-state index is -0.579. The number of hydrogen-bond donors (Lipinski definition) is 2. The molecule has 39 heavy (non-hydrogen) atoms. The minimum Gasteiger partial charge on any atom is -0.508 e. The maximum atomic E-state index is 16.4. The second-order valence-electron chi connectivity index (χ2n) is 10.1. The van der Waals surface area contributed by atoms with Gasteiger partial charge in [0.05, 0.1) is 11.1 Å². The van der Waals surface area contributed by atoms with E-state index < -0.39 is 5.82 Å². The van der Waals surface area contributed by atoms with Gasteiger partial charge in [-0.1, -0.05) is 37.3 Å². The maximum Gasteiger partial charge on any atom is 0.319 e. The second-order valence-corrected chi connectivity index (χ2v) is 10.1. The zero-order chi connectivity index (χ0) is 26.9. The number of fused-ring (bicyclic) bond motifs is 4. The van der Waals surface area contributed by atoms with Crippen LogP contribution in [0.1, 0.15) is 33.1 Å². The lowest BCUT2D eigenvalue weighted by atomic mass is 10.0. The van der Waals surface area contributed by atoms with Crippen LogP contribution < -0.4 is 15.0 Å². The first-order chi connectivity index (χ1) is 19.0. The molecule has 4 aromatic rings. The van der Waals surface area contributed by atoms with E-state index >= 15 is 4.39 Å². The van der Waals surface area contributed by atoms with Crippen molar-refractivity contribution in [3.8, 4) is 23.0 Å². The normalized spacial score (nSPS) is 19.5. The highest BCUT2D eigenvalue weighted by atomic mass is 19.1. The number of hydrogen-bond acceptors (Lipinski definition) is 8. The molecule has 9 heteroatoms. The van der Waals surface area contributed by atoms with Gasteiger partial charge in [-0.15, -0.1) is 0 Å². The highest BCUT2D eigenvalue weighted by molar-refractivity contribution is 5.99. The number of pyridine rings is 1. The topological polar surface area (TPSA) is 95.8 Å². The lowest BCUT2D eigenvalue weighted by Crippen LogP contribution is -2.51. The predicted molar refractivity (Wildman–Crippen MR) is 152 cm³/mol. The third-order valence-corrected chi connectivity index (χ3v) is 7.38. The van der Waals surface area contributed by atoms with Crippen LogP contribution in [0.2, 0.25) is 0 Å².